The number of carbonyl (C=O) groups excluding carboxylic acids is 2. The summed E-state index contributed by atoms with van der Waals surface area (Å²) < 4.78 is 9.65. The highest BCUT2D eigenvalue weighted by Crippen LogP contribution is 2.13. The smallest absolute Gasteiger partial charge is 0.305 e. The van der Waals surface area contributed by atoms with Crippen LogP contribution in [0.3, 0.4) is 0 Å². The van der Waals surface area contributed by atoms with Crippen LogP contribution in [0, 0.1) is 0 Å². The number of amides is 1. The van der Waals surface area contributed by atoms with Crippen molar-refractivity contribution >= 4 is 11.9 Å². The molecule has 0 spiro atoms. The van der Waals surface area contributed by atoms with Crippen LogP contribution in [-0.4, -0.2) is 32.6 Å². The van der Waals surface area contributed by atoms with Crippen molar-refractivity contribution in [3.05, 3.63) is 29.8 Å². The molecule has 1 N–H and O–H groups in total. The van der Waals surface area contributed by atoms with Crippen LogP contribution < -0.4 is 10.1 Å². The largest absolute Gasteiger partial charge is 0.497 e. The van der Waals surface area contributed by atoms with E-state index in [1.807, 2.05) is 24.3 Å². The summed E-state index contributed by atoms with van der Waals surface area (Å²) in [7, 11) is 2.97. The minimum atomic E-state index is -0.254. The highest BCUT2D eigenvalue weighted by Gasteiger charge is 2.04. The average Bonchev–Trinajstić information content (AvgIpc) is 2.49. The first-order valence-electron chi connectivity index (χ1n) is 6.62. The summed E-state index contributed by atoms with van der Waals surface area (Å²) >= 11 is 0. The monoisotopic (exact) mass is 279 g/mol. The fraction of sp³-hybridized carbons (Fsp3) is 0.467. The van der Waals surface area contributed by atoms with Crippen LogP contribution in [0.2, 0.25) is 0 Å². The molecule has 0 aliphatic rings. The number of methoxy groups -OCH3 is 2. The molecule has 0 heterocycles. The summed E-state index contributed by atoms with van der Waals surface area (Å²) in [5, 5.41) is 2.78. The molecular formula is C15H21NO4. The first-order chi connectivity index (χ1) is 9.65. The van der Waals surface area contributed by atoms with E-state index >= 15 is 0 Å². The summed E-state index contributed by atoms with van der Waals surface area (Å²) in [6.07, 6.45) is 2.01. The third-order valence-electron chi connectivity index (χ3n) is 2.88. The number of carbonyl (C=O) groups is 2. The maximum atomic E-state index is 11.6. The molecule has 1 amide bonds. The van der Waals surface area contributed by atoms with Gasteiger partial charge in [-0.25, -0.2) is 0 Å². The Balaban J connectivity index is 2.20. The molecule has 0 aromatic heterocycles. The lowest BCUT2D eigenvalue weighted by atomic mass is 10.1. The van der Waals surface area contributed by atoms with Gasteiger partial charge < -0.3 is 14.8 Å². The van der Waals surface area contributed by atoms with E-state index in [4.69, 9.17) is 4.74 Å². The van der Waals surface area contributed by atoms with Crippen molar-refractivity contribution < 1.29 is 19.1 Å². The minimum Gasteiger partial charge on any atom is -0.497 e. The van der Waals surface area contributed by atoms with Crippen LogP contribution in [0.5, 0.6) is 5.75 Å². The molecule has 110 valence electrons. The molecule has 0 bridgehead atoms. The van der Waals surface area contributed by atoms with Gasteiger partial charge in [-0.1, -0.05) is 12.1 Å². The van der Waals surface area contributed by atoms with E-state index in [0.717, 1.165) is 11.3 Å². The molecule has 0 aliphatic heterocycles. The standard InChI is InChI=1S/C15H21NO4/c1-19-13-6-3-5-12(11-13)8-9-14(17)16-10-4-7-15(18)20-2/h3,5-6,11H,4,7-10H2,1-2H3,(H,16,17). The summed E-state index contributed by atoms with van der Waals surface area (Å²) in [4.78, 5) is 22.5. The number of esters is 1. The molecule has 1 aromatic rings. The zero-order chi connectivity index (χ0) is 14.8. The number of nitrogens with one attached hydrogen (secondary N) is 1. The number of benzene rings is 1. The zero-order valence-corrected chi connectivity index (χ0v) is 12.0. The molecule has 0 fully saturated rings. The van der Waals surface area contributed by atoms with Crippen molar-refractivity contribution in [1.29, 1.82) is 0 Å². The second-order valence-corrected chi connectivity index (χ2v) is 4.38. The number of hydrogen-bond donors (Lipinski definition) is 1. The Kier molecular flexibility index (Phi) is 7.17. The summed E-state index contributed by atoms with van der Waals surface area (Å²) in [6.45, 7) is 0.492. The Morgan fingerprint density at radius 2 is 2.00 bits per heavy atom. The lowest BCUT2D eigenvalue weighted by Gasteiger charge is -2.06. The van der Waals surface area contributed by atoms with Crippen molar-refractivity contribution in [2.24, 2.45) is 0 Å². The number of hydrogen-bond acceptors (Lipinski definition) is 4. The van der Waals surface area contributed by atoms with E-state index in [-0.39, 0.29) is 11.9 Å². The number of aryl methyl sites for hydroxylation is 1. The molecule has 0 unspecified atom stereocenters. The minimum absolute atomic E-state index is 0.0160. The highest BCUT2D eigenvalue weighted by atomic mass is 16.5. The van der Waals surface area contributed by atoms with Gasteiger partial charge in [-0.3, -0.25) is 9.59 Å². The fourth-order valence-corrected chi connectivity index (χ4v) is 1.74. The van der Waals surface area contributed by atoms with Gasteiger partial charge in [-0.05, 0) is 30.5 Å². The van der Waals surface area contributed by atoms with Gasteiger partial charge in [-0.15, -0.1) is 0 Å². The molecule has 5 nitrogen and oxygen atoms in total. The molecule has 1 aromatic carbocycles. The number of ether oxygens (including phenoxy) is 2. The van der Waals surface area contributed by atoms with Crippen molar-refractivity contribution in [2.75, 3.05) is 20.8 Å². The van der Waals surface area contributed by atoms with E-state index in [2.05, 4.69) is 10.1 Å². The van der Waals surface area contributed by atoms with Crippen LogP contribution in [0.25, 0.3) is 0 Å². The Hall–Kier alpha value is -2.04. The second kappa shape index (κ2) is 8.96. The van der Waals surface area contributed by atoms with Crippen molar-refractivity contribution in [3.8, 4) is 5.75 Å². The third-order valence-corrected chi connectivity index (χ3v) is 2.88. The Bertz CT molecular complexity index is 445. The first kappa shape index (κ1) is 16.0. The third kappa shape index (κ3) is 6.22. The van der Waals surface area contributed by atoms with Crippen LogP contribution in [-0.2, 0) is 20.7 Å². The molecule has 0 atom stereocenters. The van der Waals surface area contributed by atoms with Gasteiger partial charge in [0.1, 0.15) is 5.75 Å². The van der Waals surface area contributed by atoms with Crippen LogP contribution in [0.4, 0.5) is 0 Å². The Morgan fingerprint density at radius 3 is 2.70 bits per heavy atom. The van der Waals surface area contributed by atoms with E-state index in [1.54, 1.807) is 7.11 Å². The lowest BCUT2D eigenvalue weighted by Crippen LogP contribution is -2.25. The number of rotatable bonds is 8. The molecule has 5 heteroatoms. The van der Waals surface area contributed by atoms with Gasteiger partial charge in [0.25, 0.3) is 0 Å². The fourth-order valence-electron chi connectivity index (χ4n) is 1.74. The molecule has 0 radical (unpaired) electrons. The highest BCUT2D eigenvalue weighted by molar-refractivity contribution is 5.76. The normalized spacial score (nSPS) is 9.90. The molecule has 1 rings (SSSR count). The molecule has 20 heavy (non-hydrogen) atoms. The second-order valence-electron chi connectivity index (χ2n) is 4.38. The summed E-state index contributed by atoms with van der Waals surface area (Å²) in [5.41, 5.74) is 1.06. The summed E-state index contributed by atoms with van der Waals surface area (Å²) in [6, 6.07) is 7.66. The van der Waals surface area contributed by atoms with E-state index in [1.165, 1.54) is 7.11 Å². The van der Waals surface area contributed by atoms with Crippen molar-refractivity contribution in [2.45, 2.75) is 25.7 Å². The van der Waals surface area contributed by atoms with Crippen molar-refractivity contribution in [1.82, 2.24) is 5.32 Å². The molecule has 0 saturated carbocycles. The van der Waals surface area contributed by atoms with Gasteiger partial charge in [0, 0.05) is 19.4 Å². The predicted molar refractivity (Wildman–Crippen MR) is 75.6 cm³/mol. The van der Waals surface area contributed by atoms with Crippen LogP contribution in [0.15, 0.2) is 24.3 Å². The van der Waals surface area contributed by atoms with Gasteiger partial charge in [-0.2, -0.15) is 0 Å². The Morgan fingerprint density at radius 1 is 1.20 bits per heavy atom. The van der Waals surface area contributed by atoms with Gasteiger partial charge >= 0.3 is 5.97 Å². The van der Waals surface area contributed by atoms with Crippen LogP contribution in [0.1, 0.15) is 24.8 Å². The first-order valence-corrected chi connectivity index (χ1v) is 6.62. The lowest BCUT2D eigenvalue weighted by molar-refractivity contribution is -0.140. The van der Waals surface area contributed by atoms with E-state index in [9.17, 15) is 9.59 Å². The zero-order valence-electron chi connectivity index (χ0n) is 12.0. The van der Waals surface area contributed by atoms with Gasteiger partial charge in [0.05, 0.1) is 14.2 Å². The Labute approximate surface area is 119 Å². The topological polar surface area (TPSA) is 64.6 Å². The van der Waals surface area contributed by atoms with Crippen LogP contribution >= 0.6 is 0 Å². The van der Waals surface area contributed by atoms with Crippen molar-refractivity contribution in [3.63, 3.8) is 0 Å². The molecular weight excluding hydrogens is 258 g/mol. The SMILES string of the molecule is COC(=O)CCCNC(=O)CCc1cccc(OC)c1. The molecule has 0 aliphatic carbocycles. The van der Waals surface area contributed by atoms with Gasteiger partial charge in [0.15, 0.2) is 0 Å². The van der Waals surface area contributed by atoms with E-state index < -0.39 is 0 Å². The average molecular weight is 279 g/mol. The maximum absolute atomic E-state index is 11.6. The quantitative estimate of drug-likeness (QED) is 0.581. The summed E-state index contributed by atoms with van der Waals surface area (Å²) in [5.74, 6) is 0.523. The molecule has 0 saturated heterocycles. The van der Waals surface area contributed by atoms with Gasteiger partial charge in [0.2, 0.25) is 5.91 Å². The maximum Gasteiger partial charge on any atom is 0.305 e. The predicted octanol–water partition coefficient (Wildman–Crippen LogP) is 1.70. The van der Waals surface area contributed by atoms with E-state index in [0.29, 0.717) is 32.2 Å².